The summed E-state index contributed by atoms with van der Waals surface area (Å²) in [6, 6.07) is 6.05. The van der Waals surface area contributed by atoms with Crippen molar-refractivity contribution in [3.63, 3.8) is 0 Å². The molecule has 1 aliphatic rings. The molecule has 0 saturated heterocycles. The van der Waals surface area contributed by atoms with E-state index >= 15 is 0 Å². The Morgan fingerprint density at radius 1 is 1.24 bits per heavy atom. The van der Waals surface area contributed by atoms with Gasteiger partial charge in [0.1, 0.15) is 11.6 Å². The van der Waals surface area contributed by atoms with Gasteiger partial charge in [0.05, 0.1) is 24.0 Å². The number of benzene rings is 1. The zero-order valence-electron chi connectivity index (χ0n) is 13.4. The highest BCUT2D eigenvalue weighted by molar-refractivity contribution is 6.16. The summed E-state index contributed by atoms with van der Waals surface area (Å²) in [6.45, 7) is 10.4. The summed E-state index contributed by atoms with van der Waals surface area (Å²) in [4.78, 5) is 4.67. The SMILES string of the molecule is COc1ccc2c(c1)nc(CCl)n2CC1C(C)(C)C1(C)C. The molecule has 0 radical (unpaired) electrons. The number of nitrogens with zero attached hydrogens (tertiary/aromatic N) is 2. The van der Waals surface area contributed by atoms with Gasteiger partial charge in [-0.15, -0.1) is 11.6 Å². The van der Waals surface area contributed by atoms with Crippen LogP contribution >= 0.6 is 11.6 Å². The molecule has 0 atom stereocenters. The van der Waals surface area contributed by atoms with Crippen LogP contribution in [0, 0.1) is 16.7 Å². The Morgan fingerprint density at radius 3 is 2.43 bits per heavy atom. The summed E-state index contributed by atoms with van der Waals surface area (Å²) >= 11 is 6.11. The molecule has 0 unspecified atom stereocenters. The summed E-state index contributed by atoms with van der Waals surface area (Å²) in [5, 5.41) is 0. The van der Waals surface area contributed by atoms with Crippen LogP contribution < -0.4 is 4.74 Å². The van der Waals surface area contributed by atoms with Crippen molar-refractivity contribution < 1.29 is 4.74 Å². The molecule has 1 saturated carbocycles. The van der Waals surface area contributed by atoms with Crippen LogP contribution in [0.2, 0.25) is 0 Å². The van der Waals surface area contributed by atoms with Gasteiger partial charge in [0.15, 0.2) is 0 Å². The molecule has 1 aliphatic carbocycles. The number of fused-ring (bicyclic) bond motifs is 1. The number of hydrogen-bond acceptors (Lipinski definition) is 2. The van der Waals surface area contributed by atoms with Crippen LogP contribution in [0.3, 0.4) is 0 Å². The molecular weight excluding hydrogens is 284 g/mol. The van der Waals surface area contributed by atoms with Crippen molar-refractivity contribution in [3.05, 3.63) is 24.0 Å². The van der Waals surface area contributed by atoms with Gasteiger partial charge in [-0.25, -0.2) is 4.98 Å². The fourth-order valence-electron chi connectivity index (χ4n) is 3.56. The lowest BCUT2D eigenvalue weighted by molar-refractivity contribution is 0.415. The molecule has 0 amide bonds. The molecule has 1 fully saturated rings. The summed E-state index contributed by atoms with van der Waals surface area (Å²) in [5.74, 6) is 2.86. The molecule has 0 aliphatic heterocycles. The van der Waals surface area contributed by atoms with Gasteiger partial charge in [-0.2, -0.15) is 0 Å². The lowest BCUT2D eigenvalue weighted by Crippen LogP contribution is -2.07. The Morgan fingerprint density at radius 2 is 1.90 bits per heavy atom. The van der Waals surface area contributed by atoms with E-state index in [0.717, 1.165) is 29.2 Å². The minimum absolute atomic E-state index is 0.361. The number of ether oxygens (including phenoxy) is 1. The molecule has 0 N–H and O–H groups in total. The molecule has 21 heavy (non-hydrogen) atoms. The molecule has 3 nitrogen and oxygen atoms in total. The predicted molar refractivity (Wildman–Crippen MR) is 86.9 cm³/mol. The highest BCUT2D eigenvalue weighted by Crippen LogP contribution is 2.69. The minimum atomic E-state index is 0.361. The zero-order valence-corrected chi connectivity index (χ0v) is 14.2. The molecule has 1 aromatic carbocycles. The van der Waals surface area contributed by atoms with Crippen molar-refractivity contribution in [2.75, 3.05) is 7.11 Å². The number of methoxy groups -OCH3 is 1. The van der Waals surface area contributed by atoms with Crippen LogP contribution in [-0.4, -0.2) is 16.7 Å². The van der Waals surface area contributed by atoms with E-state index in [1.54, 1.807) is 7.11 Å². The third-order valence-electron chi connectivity index (χ3n) is 5.84. The molecule has 2 aromatic rings. The summed E-state index contributed by atoms with van der Waals surface area (Å²) < 4.78 is 7.56. The van der Waals surface area contributed by atoms with E-state index in [1.165, 1.54) is 0 Å². The van der Waals surface area contributed by atoms with Crippen molar-refractivity contribution in [3.8, 4) is 5.75 Å². The minimum Gasteiger partial charge on any atom is -0.497 e. The molecule has 0 bridgehead atoms. The van der Waals surface area contributed by atoms with Gasteiger partial charge >= 0.3 is 0 Å². The second-order valence-electron chi connectivity index (χ2n) is 7.12. The lowest BCUT2D eigenvalue weighted by Gasteiger charge is -2.09. The molecule has 0 spiro atoms. The normalized spacial score (nSPS) is 19.9. The van der Waals surface area contributed by atoms with Crippen molar-refractivity contribution in [2.24, 2.45) is 16.7 Å². The number of aromatic nitrogens is 2. The molecule has 114 valence electrons. The van der Waals surface area contributed by atoms with Crippen LogP contribution in [0.25, 0.3) is 11.0 Å². The maximum atomic E-state index is 6.11. The Labute approximate surface area is 131 Å². The van der Waals surface area contributed by atoms with Gasteiger partial charge in [0, 0.05) is 12.6 Å². The van der Waals surface area contributed by atoms with E-state index in [9.17, 15) is 0 Å². The second-order valence-corrected chi connectivity index (χ2v) is 7.39. The summed E-state index contributed by atoms with van der Waals surface area (Å²) in [5.41, 5.74) is 2.82. The van der Waals surface area contributed by atoms with Crippen LogP contribution in [0.4, 0.5) is 0 Å². The fourth-order valence-corrected chi connectivity index (χ4v) is 3.77. The average Bonchev–Trinajstić information content (AvgIpc) is 2.76. The fraction of sp³-hybridized carbons (Fsp3) is 0.588. The Balaban J connectivity index is 2.02. The first-order chi connectivity index (χ1) is 9.82. The maximum Gasteiger partial charge on any atom is 0.124 e. The van der Waals surface area contributed by atoms with Crippen LogP contribution in [0.5, 0.6) is 5.75 Å². The summed E-state index contributed by atoms with van der Waals surface area (Å²) in [7, 11) is 1.68. The second kappa shape index (κ2) is 4.64. The van der Waals surface area contributed by atoms with Gasteiger partial charge in [-0.05, 0) is 28.9 Å². The maximum absolute atomic E-state index is 6.11. The zero-order chi connectivity index (χ0) is 15.4. The Hall–Kier alpha value is -1.22. The molecule has 1 aromatic heterocycles. The van der Waals surface area contributed by atoms with Crippen molar-refractivity contribution in [1.82, 2.24) is 9.55 Å². The molecule has 1 heterocycles. The van der Waals surface area contributed by atoms with Gasteiger partial charge in [0.2, 0.25) is 0 Å². The van der Waals surface area contributed by atoms with Crippen molar-refractivity contribution in [1.29, 1.82) is 0 Å². The Bertz CT molecular complexity index is 673. The molecule has 4 heteroatoms. The van der Waals surface area contributed by atoms with Crippen molar-refractivity contribution >= 4 is 22.6 Å². The van der Waals surface area contributed by atoms with Crippen LogP contribution in [-0.2, 0) is 12.4 Å². The first kappa shape index (κ1) is 14.7. The Kier molecular flexibility index (Phi) is 3.25. The number of halogens is 1. The van der Waals surface area contributed by atoms with Gasteiger partial charge in [-0.1, -0.05) is 27.7 Å². The van der Waals surface area contributed by atoms with Gasteiger partial charge in [-0.3, -0.25) is 0 Å². The predicted octanol–water partition coefficient (Wildman–Crippen LogP) is 4.47. The van der Waals surface area contributed by atoms with Crippen LogP contribution in [0.15, 0.2) is 18.2 Å². The first-order valence-electron chi connectivity index (χ1n) is 7.42. The first-order valence-corrected chi connectivity index (χ1v) is 7.95. The number of hydrogen-bond donors (Lipinski definition) is 0. The van der Waals surface area contributed by atoms with Crippen LogP contribution in [0.1, 0.15) is 33.5 Å². The number of alkyl halides is 1. The largest absolute Gasteiger partial charge is 0.497 e. The highest BCUT2D eigenvalue weighted by atomic mass is 35.5. The molecule has 3 rings (SSSR count). The van der Waals surface area contributed by atoms with E-state index in [2.05, 4.69) is 43.3 Å². The quantitative estimate of drug-likeness (QED) is 0.779. The topological polar surface area (TPSA) is 27.1 Å². The lowest BCUT2D eigenvalue weighted by atomic mass is 10.0. The standard InChI is InChI=1S/C17H23ClN2O/c1-16(2)14(17(16,3)4)10-20-13-7-6-11(21-5)8-12(13)19-15(20)9-18/h6-8,14H,9-10H2,1-5H3. The smallest absolute Gasteiger partial charge is 0.124 e. The summed E-state index contributed by atoms with van der Waals surface area (Å²) in [6.07, 6.45) is 0. The number of rotatable bonds is 4. The van der Waals surface area contributed by atoms with E-state index in [4.69, 9.17) is 16.3 Å². The van der Waals surface area contributed by atoms with E-state index < -0.39 is 0 Å². The third kappa shape index (κ3) is 2.05. The van der Waals surface area contributed by atoms with Gasteiger partial charge in [0.25, 0.3) is 0 Å². The van der Waals surface area contributed by atoms with E-state index in [0.29, 0.717) is 22.6 Å². The monoisotopic (exact) mass is 306 g/mol. The third-order valence-corrected chi connectivity index (χ3v) is 6.08. The van der Waals surface area contributed by atoms with Crippen molar-refractivity contribution in [2.45, 2.75) is 40.1 Å². The van der Waals surface area contributed by atoms with E-state index in [-0.39, 0.29) is 0 Å². The average molecular weight is 307 g/mol. The highest BCUT2D eigenvalue weighted by Gasteiger charge is 2.64. The number of imidazole rings is 1. The molecular formula is C17H23ClN2O. The van der Waals surface area contributed by atoms with E-state index in [1.807, 2.05) is 12.1 Å². The van der Waals surface area contributed by atoms with Gasteiger partial charge < -0.3 is 9.30 Å².